The van der Waals surface area contributed by atoms with Gasteiger partial charge in [0.15, 0.2) is 11.5 Å². The van der Waals surface area contributed by atoms with Crippen LogP contribution in [0.3, 0.4) is 0 Å². The third-order valence-corrected chi connectivity index (χ3v) is 3.98. The zero-order chi connectivity index (χ0) is 23.0. The van der Waals surface area contributed by atoms with Gasteiger partial charge in [-0.05, 0) is 19.4 Å². The zero-order valence-electron chi connectivity index (χ0n) is 17.6. The predicted octanol–water partition coefficient (Wildman–Crippen LogP) is 1.15. The zero-order valence-corrected chi connectivity index (χ0v) is 17.6. The third-order valence-electron chi connectivity index (χ3n) is 3.98. The molecule has 0 spiro atoms. The van der Waals surface area contributed by atoms with Crippen molar-refractivity contribution in [1.29, 1.82) is 0 Å². The molecule has 1 aromatic heterocycles. The van der Waals surface area contributed by atoms with Crippen molar-refractivity contribution in [3.8, 4) is 0 Å². The minimum atomic E-state index is -1.05. The molecule has 0 aliphatic rings. The van der Waals surface area contributed by atoms with E-state index in [-0.39, 0.29) is 24.7 Å². The number of nitrogens with zero attached hydrogens (tertiary/aromatic N) is 4. The lowest BCUT2D eigenvalue weighted by molar-refractivity contribution is 0.138. The Bertz CT molecular complexity index is 1080. The highest BCUT2D eigenvalue weighted by Crippen LogP contribution is 2.19. The summed E-state index contributed by atoms with van der Waals surface area (Å²) < 4.78 is 11.6. The van der Waals surface area contributed by atoms with Crippen molar-refractivity contribution in [3.05, 3.63) is 56.7 Å². The molecule has 2 amide bonds. The molecule has 2 N–H and O–H groups in total. The molecule has 1 aromatic carbocycles. The van der Waals surface area contributed by atoms with Gasteiger partial charge in [-0.3, -0.25) is 19.4 Å². The van der Waals surface area contributed by atoms with Crippen LogP contribution < -0.4 is 27.1 Å². The molecule has 0 aliphatic heterocycles. The van der Waals surface area contributed by atoms with Crippen LogP contribution in [-0.4, -0.2) is 40.7 Å². The van der Waals surface area contributed by atoms with E-state index in [1.54, 1.807) is 26.0 Å². The summed E-state index contributed by atoms with van der Waals surface area (Å²) in [6.45, 7) is 3.13. The van der Waals surface area contributed by atoms with Gasteiger partial charge in [0, 0.05) is 14.1 Å². The van der Waals surface area contributed by atoms with Crippen LogP contribution in [0.25, 0.3) is 0 Å². The molecule has 1 heterocycles. The number of ether oxygens (including phenoxy) is 2. The second-order valence-electron chi connectivity index (χ2n) is 6.05. The van der Waals surface area contributed by atoms with Crippen molar-refractivity contribution in [3.63, 3.8) is 0 Å². The van der Waals surface area contributed by atoms with E-state index < -0.39 is 23.4 Å². The summed E-state index contributed by atoms with van der Waals surface area (Å²) in [6.07, 6.45) is -0.592. The van der Waals surface area contributed by atoms with Gasteiger partial charge in [0.25, 0.3) is 5.56 Å². The quantitative estimate of drug-likeness (QED) is 0.516. The minimum absolute atomic E-state index is 0.0269. The molecule has 0 saturated heterocycles. The highest BCUT2D eigenvalue weighted by molar-refractivity contribution is 5.93. The molecule has 0 atom stereocenters. The summed E-state index contributed by atoms with van der Waals surface area (Å²) in [6, 6.07) is 9.05. The maximum atomic E-state index is 12.9. The number of carbonyl (C=O) groups excluding carboxylic acids is 2. The number of hydrogen-bond acceptors (Lipinski definition) is 8. The van der Waals surface area contributed by atoms with E-state index in [1.165, 1.54) is 20.3 Å². The van der Waals surface area contributed by atoms with E-state index >= 15 is 0 Å². The van der Waals surface area contributed by atoms with Crippen LogP contribution in [0.15, 0.2) is 45.0 Å². The van der Waals surface area contributed by atoms with E-state index in [0.29, 0.717) is 5.01 Å². The molecule has 12 heteroatoms. The van der Waals surface area contributed by atoms with E-state index in [2.05, 4.69) is 16.0 Å². The Labute approximate surface area is 177 Å². The Morgan fingerprint density at radius 1 is 1.06 bits per heavy atom. The smallest absolute Gasteiger partial charge is 0.433 e. The van der Waals surface area contributed by atoms with Gasteiger partial charge < -0.3 is 9.47 Å². The number of hydrogen-bond donors (Lipinski definition) is 2. The molecular weight excluding hydrogens is 408 g/mol. The lowest BCUT2D eigenvalue weighted by Gasteiger charge is -2.24. The van der Waals surface area contributed by atoms with Crippen LogP contribution in [-0.2, 0) is 23.6 Å². The van der Waals surface area contributed by atoms with Crippen molar-refractivity contribution >= 4 is 29.9 Å². The largest absolute Gasteiger partial charge is 0.449 e. The Balaban J connectivity index is 2.59. The van der Waals surface area contributed by atoms with Crippen LogP contribution in [0.1, 0.15) is 19.4 Å². The fraction of sp³-hybridized carbons (Fsp3) is 0.316. The first-order valence-corrected chi connectivity index (χ1v) is 9.36. The fourth-order valence-corrected chi connectivity index (χ4v) is 2.50. The molecule has 2 rings (SSSR count). The fourth-order valence-electron chi connectivity index (χ4n) is 2.50. The third kappa shape index (κ3) is 5.50. The standard InChI is InChI=1S/C19H24N6O6/c1-5-30-17(27)22-25(19(29)31-6-2)14-15(23(3)18(28)24(4)16(14)26)21-20-12-13-10-8-7-9-11-13/h7-12,21H,5-6H2,1-4H3,(H,22,27)/b20-12-. The lowest BCUT2D eigenvalue weighted by Crippen LogP contribution is -2.52. The molecule has 31 heavy (non-hydrogen) atoms. The first-order valence-electron chi connectivity index (χ1n) is 9.36. The van der Waals surface area contributed by atoms with Gasteiger partial charge in [-0.25, -0.2) is 19.8 Å². The minimum Gasteiger partial charge on any atom is -0.449 e. The van der Waals surface area contributed by atoms with Gasteiger partial charge in [-0.2, -0.15) is 10.1 Å². The molecular formula is C19H24N6O6. The summed E-state index contributed by atoms with van der Waals surface area (Å²) in [5.74, 6) is -0.148. The van der Waals surface area contributed by atoms with Gasteiger partial charge in [0.2, 0.25) is 0 Å². The number of rotatable bonds is 6. The Morgan fingerprint density at radius 3 is 2.32 bits per heavy atom. The number of amides is 2. The molecule has 0 saturated carbocycles. The molecule has 12 nitrogen and oxygen atoms in total. The molecule has 0 aliphatic carbocycles. The SMILES string of the molecule is CCOC(=O)NN(C(=O)OCC)c1c(N/N=C\c2ccccc2)n(C)c(=O)n(C)c1=O. The number of nitrogens with one attached hydrogen (secondary N) is 2. The van der Waals surface area contributed by atoms with E-state index in [0.717, 1.165) is 14.7 Å². The number of anilines is 2. The van der Waals surface area contributed by atoms with Gasteiger partial charge >= 0.3 is 17.9 Å². The van der Waals surface area contributed by atoms with Crippen LogP contribution in [0.2, 0.25) is 0 Å². The topological polar surface area (TPSA) is 136 Å². The number of hydrazone groups is 1. The van der Waals surface area contributed by atoms with Crippen molar-refractivity contribution in [2.75, 3.05) is 23.6 Å². The first kappa shape index (κ1) is 23.2. The van der Waals surface area contributed by atoms with Gasteiger partial charge in [0.1, 0.15) is 0 Å². The number of aromatic nitrogens is 2. The van der Waals surface area contributed by atoms with Gasteiger partial charge in [0.05, 0.1) is 19.4 Å². The number of hydrazine groups is 1. The van der Waals surface area contributed by atoms with E-state index in [9.17, 15) is 19.2 Å². The molecule has 0 fully saturated rings. The van der Waals surface area contributed by atoms with E-state index in [4.69, 9.17) is 9.47 Å². The van der Waals surface area contributed by atoms with Crippen molar-refractivity contribution < 1.29 is 19.1 Å². The van der Waals surface area contributed by atoms with Crippen LogP contribution >= 0.6 is 0 Å². The summed E-state index contributed by atoms with van der Waals surface area (Å²) >= 11 is 0. The maximum Gasteiger partial charge on any atom is 0.433 e. The number of carbonyl (C=O) groups is 2. The highest BCUT2D eigenvalue weighted by Gasteiger charge is 2.29. The average molecular weight is 432 g/mol. The van der Waals surface area contributed by atoms with Gasteiger partial charge in [-0.1, -0.05) is 30.3 Å². The first-order chi connectivity index (χ1) is 14.8. The monoisotopic (exact) mass is 432 g/mol. The predicted molar refractivity (Wildman–Crippen MR) is 114 cm³/mol. The lowest BCUT2D eigenvalue weighted by atomic mass is 10.2. The normalized spacial score (nSPS) is 10.6. The molecule has 166 valence electrons. The molecule has 2 aromatic rings. The van der Waals surface area contributed by atoms with Gasteiger partial charge in [-0.15, -0.1) is 0 Å². The van der Waals surface area contributed by atoms with Crippen LogP contribution in [0, 0.1) is 0 Å². The second-order valence-corrected chi connectivity index (χ2v) is 6.05. The van der Waals surface area contributed by atoms with Crippen molar-refractivity contribution in [2.24, 2.45) is 19.2 Å². The van der Waals surface area contributed by atoms with Crippen LogP contribution in [0.5, 0.6) is 0 Å². The van der Waals surface area contributed by atoms with Crippen molar-refractivity contribution in [1.82, 2.24) is 14.6 Å². The molecule has 0 bridgehead atoms. The Kier molecular flexibility index (Phi) is 7.94. The summed E-state index contributed by atoms with van der Waals surface area (Å²) in [7, 11) is 2.61. The number of benzene rings is 1. The Morgan fingerprint density at radius 2 is 1.71 bits per heavy atom. The summed E-state index contributed by atoms with van der Waals surface area (Å²) in [5.41, 5.74) is 3.57. The average Bonchev–Trinajstić information content (AvgIpc) is 2.76. The molecule has 0 radical (unpaired) electrons. The summed E-state index contributed by atoms with van der Waals surface area (Å²) in [4.78, 5) is 49.8. The van der Waals surface area contributed by atoms with Crippen molar-refractivity contribution in [2.45, 2.75) is 13.8 Å². The van der Waals surface area contributed by atoms with E-state index in [1.807, 2.05) is 18.2 Å². The maximum absolute atomic E-state index is 12.9. The second kappa shape index (κ2) is 10.6. The summed E-state index contributed by atoms with van der Waals surface area (Å²) in [5, 5.41) is 4.62. The van der Waals surface area contributed by atoms with Crippen LogP contribution in [0.4, 0.5) is 21.1 Å². The Hall–Kier alpha value is -4.09. The molecule has 0 unspecified atom stereocenters. The highest BCUT2D eigenvalue weighted by atomic mass is 16.6.